The fourth-order valence-corrected chi connectivity index (χ4v) is 4.60. The van der Waals surface area contributed by atoms with Crippen LogP contribution in [0.15, 0.2) is 28.8 Å². The predicted octanol–water partition coefficient (Wildman–Crippen LogP) is 3.31. The molecule has 9 nitrogen and oxygen atoms in total. The number of likely N-dealkylation sites (tertiary alicyclic amines) is 2. The minimum Gasteiger partial charge on any atom is -0.406 e. The number of halogens is 3. The van der Waals surface area contributed by atoms with Gasteiger partial charge in [-0.15, -0.1) is 13.2 Å². The number of rotatable bonds is 6. The van der Waals surface area contributed by atoms with Gasteiger partial charge in [0.05, 0.1) is 18.6 Å². The molecule has 0 bridgehead atoms. The van der Waals surface area contributed by atoms with E-state index in [2.05, 4.69) is 14.9 Å². The van der Waals surface area contributed by atoms with Crippen molar-refractivity contribution in [1.29, 1.82) is 0 Å². The average molecular weight is 499 g/mol. The Kier molecular flexibility index (Phi) is 7.80. The van der Waals surface area contributed by atoms with Crippen LogP contribution in [0.4, 0.5) is 18.0 Å². The van der Waals surface area contributed by atoms with Gasteiger partial charge in [-0.2, -0.15) is 4.98 Å². The Bertz CT molecular complexity index is 976. The van der Waals surface area contributed by atoms with E-state index >= 15 is 0 Å². The zero-order valence-corrected chi connectivity index (χ0v) is 19.4. The lowest BCUT2D eigenvalue weighted by molar-refractivity contribution is -0.274. The Morgan fingerprint density at radius 2 is 1.83 bits per heavy atom. The van der Waals surface area contributed by atoms with Crippen molar-refractivity contribution >= 4 is 6.03 Å². The molecule has 35 heavy (non-hydrogen) atoms. The second kappa shape index (κ2) is 10.8. The van der Waals surface area contributed by atoms with Crippen LogP contribution in [0.1, 0.15) is 48.4 Å². The molecular formula is C23H29F3N4O5. The molecule has 2 unspecified atom stereocenters. The number of amides is 2. The number of benzene rings is 1. The first-order valence-electron chi connectivity index (χ1n) is 11.6. The highest BCUT2D eigenvalue weighted by Gasteiger charge is 2.37. The van der Waals surface area contributed by atoms with Gasteiger partial charge in [0.15, 0.2) is 5.82 Å². The fraction of sp³-hybridized carbons (Fsp3) is 0.609. The summed E-state index contributed by atoms with van der Waals surface area (Å²) < 4.78 is 52.2. The van der Waals surface area contributed by atoms with Gasteiger partial charge in [-0.25, -0.2) is 4.79 Å². The second-order valence-electron chi connectivity index (χ2n) is 8.94. The highest BCUT2D eigenvalue weighted by atomic mass is 19.4. The topological polar surface area (TPSA) is 101 Å². The Morgan fingerprint density at radius 3 is 2.49 bits per heavy atom. The summed E-state index contributed by atoms with van der Waals surface area (Å²) in [5, 5.41) is 13.8. The molecule has 2 amide bonds. The number of hydrogen-bond acceptors (Lipinski definition) is 7. The van der Waals surface area contributed by atoms with E-state index in [-0.39, 0.29) is 23.6 Å². The molecule has 2 aliphatic heterocycles. The van der Waals surface area contributed by atoms with Gasteiger partial charge in [0.1, 0.15) is 5.75 Å². The Hall–Kier alpha value is -2.86. The number of aromatic nitrogens is 2. The van der Waals surface area contributed by atoms with Crippen LogP contribution in [0.3, 0.4) is 0 Å². The zero-order chi connectivity index (χ0) is 25.0. The van der Waals surface area contributed by atoms with Crippen molar-refractivity contribution in [2.75, 3.05) is 39.9 Å². The van der Waals surface area contributed by atoms with Crippen LogP contribution < -0.4 is 4.74 Å². The summed E-state index contributed by atoms with van der Waals surface area (Å²) in [5.74, 6) is 0.253. The summed E-state index contributed by atoms with van der Waals surface area (Å²) in [6.07, 6.45) is -3.02. The molecule has 192 valence electrons. The predicted molar refractivity (Wildman–Crippen MR) is 117 cm³/mol. The third-order valence-corrected chi connectivity index (χ3v) is 6.40. The number of ether oxygens (including phenoxy) is 2. The number of nitrogens with zero attached hydrogens (tertiary/aromatic N) is 4. The van der Waals surface area contributed by atoms with Gasteiger partial charge in [0.25, 0.3) is 0 Å². The van der Waals surface area contributed by atoms with E-state index in [0.29, 0.717) is 70.2 Å². The number of alkyl halides is 3. The molecule has 0 radical (unpaired) electrons. The molecule has 3 heterocycles. The van der Waals surface area contributed by atoms with Crippen LogP contribution in [-0.2, 0) is 11.2 Å². The van der Waals surface area contributed by atoms with Crippen molar-refractivity contribution in [2.24, 2.45) is 0 Å². The molecule has 2 aromatic rings. The van der Waals surface area contributed by atoms with Gasteiger partial charge in [0, 0.05) is 45.6 Å². The second-order valence-corrected chi connectivity index (χ2v) is 8.94. The molecular weight excluding hydrogens is 469 g/mol. The van der Waals surface area contributed by atoms with Crippen LogP contribution in [0, 0.1) is 0 Å². The lowest BCUT2D eigenvalue weighted by atomic mass is 9.84. The van der Waals surface area contributed by atoms with E-state index in [4.69, 9.17) is 9.26 Å². The first-order valence-corrected chi connectivity index (χ1v) is 11.6. The lowest BCUT2D eigenvalue weighted by Crippen LogP contribution is -2.51. The first-order chi connectivity index (χ1) is 16.7. The number of carbonyl (C=O) groups excluding carboxylic acids is 1. The summed E-state index contributed by atoms with van der Waals surface area (Å²) in [5.41, 5.74) is 0.787. The van der Waals surface area contributed by atoms with Crippen molar-refractivity contribution in [3.63, 3.8) is 0 Å². The van der Waals surface area contributed by atoms with Crippen LogP contribution >= 0.6 is 0 Å². The van der Waals surface area contributed by atoms with E-state index in [1.54, 1.807) is 29.0 Å². The highest BCUT2D eigenvalue weighted by Crippen LogP contribution is 2.37. The molecule has 1 aromatic heterocycles. The molecule has 0 aliphatic carbocycles. The Labute approximate surface area is 200 Å². The molecule has 2 saturated heterocycles. The van der Waals surface area contributed by atoms with Gasteiger partial charge >= 0.3 is 12.4 Å². The van der Waals surface area contributed by atoms with Crippen molar-refractivity contribution in [3.05, 3.63) is 41.5 Å². The SMILES string of the molecule is COCCc1noc(C2CC(c3ccc(OC(F)(F)F)cc3)CN(C(=O)N3CCC(O)CC3)C2)n1. The maximum absolute atomic E-state index is 13.3. The molecule has 2 aliphatic rings. The number of methoxy groups -OCH3 is 1. The Balaban J connectivity index is 1.53. The molecule has 1 N–H and O–H groups in total. The summed E-state index contributed by atoms with van der Waals surface area (Å²) in [6.45, 7) is 2.17. The van der Waals surface area contributed by atoms with Crippen molar-refractivity contribution in [1.82, 2.24) is 19.9 Å². The fourth-order valence-electron chi connectivity index (χ4n) is 4.60. The van der Waals surface area contributed by atoms with Gasteiger partial charge in [0.2, 0.25) is 5.89 Å². The molecule has 4 rings (SSSR count). The maximum Gasteiger partial charge on any atom is 0.573 e. The standard InChI is InChI=1S/C23H29F3N4O5/c1-33-11-8-20-27-21(35-28-20)17-12-16(15-2-4-19(5-3-15)34-23(24,25)26)13-30(14-17)22(32)29-9-6-18(31)7-10-29/h2-5,16-18,31H,6-14H2,1H3. The van der Waals surface area contributed by atoms with Gasteiger partial charge in [-0.3, -0.25) is 0 Å². The molecule has 0 saturated carbocycles. The molecule has 1 aromatic carbocycles. The minimum absolute atomic E-state index is 0.136. The molecule has 12 heteroatoms. The van der Waals surface area contributed by atoms with Gasteiger partial charge < -0.3 is 28.9 Å². The van der Waals surface area contributed by atoms with E-state index in [0.717, 1.165) is 5.56 Å². The van der Waals surface area contributed by atoms with E-state index in [1.807, 2.05) is 0 Å². The normalized spacial score (nSPS) is 21.9. The first kappa shape index (κ1) is 25.2. The number of carbonyl (C=O) groups is 1. The highest BCUT2D eigenvalue weighted by molar-refractivity contribution is 5.75. The zero-order valence-electron chi connectivity index (χ0n) is 19.4. The number of aliphatic hydroxyl groups excluding tert-OH is 1. The summed E-state index contributed by atoms with van der Waals surface area (Å²) in [6, 6.07) is 5.60. The summed E-state index contributed by atoms with van der Waals surface area (Å²) in [4.78, 5) is 21.3. The minimum atomic E-state index is -4.76. The van der Waals surface area contributed by atoms with Crippen LogP contribution in [0.5, 0.6) is 5.75 Å². The monoisotopic (exact) mass is 498 g/mol. The smallest absolute Gasteiger partial charge is 0.406 e. The number of aliphatic hydroxyl groups is 1. The largest absolute Gasteiger partial charge is 0.573 e. The van der Waals surface area contributed by atoms with E-state index < -0.39 is 12.5 Å². The summed E-state index contributed by atoms with van der Waals surface area (Å²) in [7, 11) is 1.58. The lowest BCUT2D eigenvalue weighted by Gasteiger charge is -2.40. The third-order valence-electron chi connectivity index (χ3n) is 6.40. The number of piperidine rings is 2. The van der Waals surface area contributed by atoms with E-state index in [9.17, 15) is 23.1 Å². The molecule has 0 spiro atoms. The molecule has 2 atom stereocenters. The Morgan fingerprint density at radius 1 is 1.14 bits per heavy atom. The average Bonchev–Trinajstić information content (AvgIpc) is 3.31. The van der Waals surface area contributed by atoms with Crippen molar-refractivity contribution in [2.45, 2.75) is 50.0 Å². The number of urea groups is 1. The van der Waals surface area contributed by atoms with Crippen LogP contribution in [-0.4, -0.2) is 83.4 Å². The van der Waals surface area contributed by atoms with Crippen LogP contribution in [0.25, 0.3) is 0 Å². The maximum atomic E-state index is 13.3. The van der Waals surface area contributed by atoms with Crippen molar-refractivity contribution in [3.8, 4) is 5.75 Å². The number of hydrogen-bond donors (Lipinski definition) is 1. The van der Waals surface area contributed by atoms with Crippen LogP contribution in [0.2, 0.25) is 0 Å². The molecule has 2 fully saturated rings. The summed E-state index contributed by atoms with van der Waals surface area (Å²) >= 11 is 0. The quantitative estimate of drug-likeness (QED) is 0.652. The van der Waals surface area contributed by atoms with Crippen molar-refractivity contribution < 1.29 is 37.1 Å². The van der Waals surface area contributed by atoms with E-state index in [1.165, 1.54) is 12.1 Å². The van der Waals surface area contributed by atoms with Gasteiger partial charge in [-0.05, 0) is 37.0 Å². The van der Waals surface area contributed by atoms with Gasteiger partial charge in [-0.1, -0.05) is 17.3 Å². The third kappa shape index (κ3) is 6.63.